The number of nitrogens with zero attached hydrogens (tertiary/aromatic N) is 3. The van der Waals surface area contributed by atoms with E-state index in [0.29, 0.717) is 17.1 Å². The van der Waals surface area contributed by atoms with Crippen molar-refractivity contribution in [1.29, 1.82) is 0 Å². The van der Waals surface area contributed by atoms with Gasteiger partial charge in [0.05, 0.1) is 25.0 Å². The Bertz CT molecular complexity index is 1410. The van der Waals surface area contributed by atoms with Crippen molar-refractivity contribution in [2.45, 2.75) is 0 Å². The van der Waals surface area contributed by atoms with E-state index in [1.54, 1.807) is 48.2 Å². The molecule has 10 heteroatoms. The lowest BCUT2D eigenvalue weighted by Gasteiger charge is -2.22. The van der Waals surface area contributed by atoms with Gasteiger partial charge in [0.2, 0.25) is 11.9 Å². The first-order valence-electron chi connectivity index (χ1n) is 11.7. The maximum Gasteiger partial charge on any atom is 0.257 e. The highest BCUT2D eigenvalue weighted by Gasteiger charge is 2.23. The molecular weight excluding hydrogens is 494 g/mol. The molecule has 0 bridgehead atoms. The van der Waals surface area contributed by atoms with E-state index >= 15 is 0 Å². The number of ether oxygens (including phenoxy) is 2. The minimum Gasteiger partial charge on any atom is -0.497 e. The van der Waals surface area contributed by atoms with Gasteiger partial charge in [-0.2, -0.15) is 0 Å². The molecular formula is C28H26F2N4O4. The fraction of sp³-hybridized carbons (Fsp3) is 0.179. The van der Waals surface area contributed by atoms with Crippen molar-refractivity contribution in [3.8, 4) is 22.7 Å². The van der Waals surface area contributed by atoms with Gasteiger partial charge in [0, 0.05) is 31.1 Å². The first-order chi connectivity index (χ1) is 18.4. The van der Waals surface area contributed by atoms with Gasteiger partial charge >= 0.3 is 0 Å². The van der Waals surface area contributed by atoms with Crippen LogP contribution in [0.15, 0.2) is 79.0 Å². The number of aromatic nitrogens is 2. The molecule has 196 valence electrons. The second-order valence-electron chi connectivity index (χ2n) is 8.27. The number of rotatable bonds is 10. The van der Waals surface area contributed by atoms with Gasteiger partial charge in [-0.15, -0.1) is 0 Å². The number of hydrogen-bond donors (Lipinski definition) is 1. The number of imidazole rings is 1. The van der Waals surface area contributed by atoms with Gasteiger partial charge < -0.3 is 14.4 Å². The van der Waals surface area contributed by atoms with Crippen molar-refractivity contribution >= 4 is 17.8 Å². The van der Waals surface area contributed by atoms with Crippen molar-refractivity contribution < 1.29 is 27.8 Å². The number of halogens is 2. The Morgan fingerprint density at radius 1 is 0.974 bits per heavy atom. The Morgan fingerprint density at radius 2 is 1.68 bits per heavy atom. The van der Waals surface area contributed by atoms with Gasteiger partial charge in [-0.1, -0.05) is 12.1 Å². The molecule has 3 aromatic carbocycles. The van der Waals surface area contributed by atoms with E-state index in [1.165, 1.54) is 42.3 Å². The summed E-state index contributed by atoms with van der Waals surface area (Å²) in [7, 11) is 3.03. The number of carbonyl (C=O) groups excluding carboxylic acids is 2. The molecule has 0 saturated heterocycles. The van der Waals surface area contributed by atoms with Crippen LogP contribution in [0, 0.1) is 11.6 Å². The molecule has 8 nitrogen and oxygen atoms in total. The van der Waals surface area contributed by atoms with Crippen molar-refractivity contribution in [2.75, 3.05) is 39.2 Å². The fourth-order valence-electron chi connectivity index (χ4n) is 3.76. The maximum absolute atomic E-state index is 14.3. The van der Waals surface area contributed by atoms with E-state index in [4.69, 9.17) is 9.47 Å². The molecule has 0 unspecified atom stereocenters. The largest absolute Gasteiger partial charge is 0.497 e. The fourth-order valence-corrected chi connectivity index (χ4v) is 3.76. The zero-order valence-corrected chi connectivity index (χ0v) is 20.9. The first kappa shape index (κ1) is 26.5. The van der Waals surface area contributed by atoms with E-state index < -0.39 is 23.4 Å². The number of hydrogen-bond acceptors (Lipinski definition) is 5. The topological polar surface area (TPSA) is 85.7 Å². The quantitative estimate of drug-likeness (QED) is 0.332. The summed E-state index contributed by atoms with van der Waals surface area (Å²) in [6.07, 6.45) is 1.71. The Morgan fingerprint density at radius 3 is 2.34 bits per heavy atom. The van der Waals surface area contributed by atoms with Crippen LogP contribution >= 0.6 is 0 Å². The molecule has 1 aromatic heterocycles. The third kappa shape index (κ3) is 6.22. The minimum absolute atomic E-state index is 0.0700. The average Bonchev–Trinajstić information content (AvgIpc) is 3.34. The summed E-state index contributed by atoms with van der Waals surface area (Å²) in [6.45, 7) is -0.148. The zero-order valence-electron chi connectivity index (χ0n) is 20.9. The summed E-state index contributed by atoms with van der Waals surface area (Å²) in [5, 5.41) is 2.73. The SMILES string of the molecule is COCCN(CC(=O)Nc1nc(-c2ccc(OC)cc2)cn1-c1ccc(F)cc1)C(=O)c1ccccc1F. The molecule has 0 saturated carbocycles. The van der Waals surface area contributed by atoms with Crippen LogP contribution in [0.1, 0.15) is 10.4 Å². The van der Waals surface area contributed by atoms with Crippen molar-refractivity contribution in [3.05, 3.63) is 96.2 Å². The number of methoxy groups -OCH3 is 2. The van der Waals surface area contributed by atoms with Gasteiger partial charge in [-0.05, 0) is 60.7 Å². The Kier molecular flexibility index (Phi) is 8.44. The summed E-state index contributed by atoms with van der Waals surface area (Å²) in [4.78, 5) is 31.9. The second kappa shape index (κ2) is 12.1. The molecule has 0 spiro atoms. The molecule has 1 N–H and O–H groups in total. The number of benzene rings is 3. The number of nitrogens with one attached hydrogen (secondary N) is 1. The summed E-state index contributed by atoms with van der Waals surface area (Å²) in [5.74, 6) is -1.45. The van der Waals surface area contributed by atoms with Crippen LogP contribution in [-0.2, 0) is 9.53 Å². The predicted octanol–water partition coefficient (Wildman–Crippen LogP) is 4.55. The zero-order chi connectivity index (χ0) is 27.1. The molecule has 0 aliphatic carbocycles. The standard InChI is InChI=1S/C28H26F2N4O4/c1-37-16-15-33(27(36)23-5-3-4-6-24(23)30)18-26(35)32-28-31-25(19-7-13-22(38-2)14-8-19)17-34(28)21-11-9-20(29)10-12-21/h3-14,17H,15-16,18H2,1-2H3,(H,31,32,35). The highest BCUT2D eigenvalue weighted by molar-refractivity contribution is 5.99. The van der Waals surface area contributed by atoms with Crippen LogP contribution in [0.5, 0.6) is 5.75 Å². The molecule has 0 aliphatic rings. The Balaban J connectivity index is 1.61. The van der Waals surface area contributed by atoms with Crippen LogP contribution in [0.2, 0.25) is 0 Å². The molecule has 4 rings (SSSR count). The molecule has 0 radical (unpaired) electrons. The van der Waals surface area contributed by atoms with Crippen LogP contribution < -0.4 is 10.1 Å². The monoisotopic (exact) mass is 520 g/mol. The van der Waals surface area contributed by atoms with Gasteiger partial charge in [0.1, 0.15) is 23.9 Å². The summed E-state index contributed by atoms with van der Waals surface area (Å²) >= 11 is 0. The smallest absolute Gasteiger partial charge is 0.257 e. The summed E-state index contributed by atoms with van der Waals surface area (Å²) in [5.41, 5.74) is 1.73. The highest BCUT2D eigenvalue weighted by Crippen LogP contribution is 2.26. The van der Waals surface area contributed by atoms with Crippen molar-refractivity contribution in [3.63, 3.8) is 0 Å². The molecule has 2 amide bonds. The Hall–Kier alpha value is -4.57. The number of carbonyl (C=O) groups is 2. The van der Waals surface area contributed by atoms with Gasteiger partial charge in [-0.25, -0.2) is 13.8 Å². The lowest BCUT2D eigenvalue weighted by atomic mass is 10.1. The van der Waals surface area contributed by atoms with Gasteiger partial charge in [0.25, 0.3) is 5.91 Å². The van der Waals surface area contributed by atoms with Crippen LogP contribution in [-0.4, -0.2) is 60.2 Å². The second-order valence-corrected chi connectivity index (χ2v) is 8.27. The maximum atomic E-state index is 14.3. The molecule has 4 aromatic rings. The minimum atomic E-state index is -0.684. The lowest BCUT2D eigenvalue weighted by Crippen LogP contribution is -2.40. The Labute approximate surface area is 218 Å². The summed E-state index contributed by atoms with van der Waals surface area (Å²) < 4.78 is 39.7. The van der Waals surface area contributed by atoms with Crippen molar-refractivity contribution in [2.24, 2.45) is 0 Å². The summed E-state index contributed by atoms with van der Waals surface area (Å²) in [6, 6.07) is 18.5. The van der Waals surface area contributed by atoms with E-state index in [2.05, 4.69) is 10.3 Å². The predicted molar refractivity (Wildman–Crippen MR) is 138 cm³/mol. The van der Waals surface area contributed by atoms with E-state index in [0.717, 1.165) is 5.56 Å². The average molecular weight is 521 g/mol. The third-order valence-corrected chi connectivity index (χ3v) is 5.74. The van der Waals surface area contributed by atoms with Gasteiger partial charge in [0.15, 0.2) is 0 Å². The normalized spacial score (nSPS) is 10.7. The van der Waals surface area contributed by atoms with Crippen LogP contribution in [0.4, 0.5) is 14.7 Å². The molecule has 1 heterocycles. The van der Waals surface area contributed by atoms with E-state index in [1.807, 2.05) is 12.1 Å². The number of amides is 2. The van der Waals surface area contributed by atoms with Crippen LogP contribution in [0.25, 0.3) is 16.9 Å². The molecule has 38 heavy (non-hydrogen) atoms. The third-order valence-electron chi connectivity index (χ3n) is 5.74. The molecule has 0 atom stereocenters. The molecule has 0 aliphatic heterocycles. The first-order valence-corrected chi connectivity index (χ1v) is 11.7. The van der Waals surface area contributed by atoms with E-state index in [-0.39, 0.29) is 31.2 Å². The van der Waals surface area contributed by atoms with Crippen LogP contribution in [0.3, 0.4) is 0 Å². The molecule has 0 fully saturated rings. The lowest BCUT2D eigenvalue weighted by molar-refractivity contribution is -0.117. The van der Waals surface area contributed by atoms with E-state index in [9.17, 15) is 18.4 Å². The highest BCUT2D eigenvalue weighted by atomic mass is 19.1. The van der Waals surface area contributed by atoms with Crippen molar-refractivity contribution in [1.82, 2.24) is 14.5 Å². The van der Waals surface area contributed by atoms with Gasteiger partial charge in [-0.3, -0.25) is 19.5 Å². The number of anilines is 1.